The van der Waals surface area contributed by atoms with Crippen LogP contribution in [0.1, 0.15) is 24.0 Å². The summed E-state index contributed by atoms with van der Waals surface area (Å²) in [6, 6.07) is 11.6. The summed E-state index contributed by atoms with van der Waals surface area (Å²) in [7, 11) is -3.22. The molecule has 1 aliphatic rings. The number of imidazole rings is 1. The Hall–Kier alpha value is -4.55. The van der Waals surface area contributed by atoms with Gasteiger partial charge in [-0.15, -0.1) is 0 Å². The van der Waals surface area contributed by atoms with Gasteiger partial charge in [0.05, 0.1) is 27.9 Å². The highest BCUT2D eigenvalue weighted by molar-refractivity contribution is 7.90. The molecule has 0 radical (unpaired) electrons. The monoisotopic (exact) mass is 613 g/mol. The minimum atomic E-state index is -3.22. The van der Waals surface area contributed by atoms with E-state index in [9.17, 15) is 12.8 Å². The third-order valence-electron chi connectivity index (χ3n) is 8.00. The van der Waals surface area contributed by atoms with E-state index in [-0.39, 0.29) is 17.6 Å². The number of aryl methyl sites for hydroxylation is 1. The van der Waals surface area contributed by atoms with Crippen molar-refractivity contribution >= 4 is 31.8 Å². The second kappa shape index (κ2) is 11.2. The van der Waals surface area contributed by atoms with Crippen LogP contribution in [-0.4, -0.2) is 68.5 Å². The summed E-state index contributed by atoms with van der Waals surface area (Å²) in [5, 5.41) is 7.60. The Kier molecular flexibility index (Phi) is 7.17. The summed E-state index contributed by atoms with van der Waals surface area (Å²) < 4.78 is 54.2. The Morgan fingerprint density at radius 3 is 2.57 bits per heavy atom. The van der Waals surface area contributed by atoms with E-state index < -0.39 is 21.5 Å². The van der Waals surface area contributed by atoms with Gasteiger partial charge in [0.15, 0.2) is 5.82 Å². The molecule has 1 saturated heterocycles. The van der Waals surface area contributed by atoms with Crippen LogP contribution in [0.4, 0.5) is 8.78 Å². The molecule has 12 heteroatoms. The molecule has 0 saturated carbocycles. The highest BCUT2D eigenvalue weighted by Crippen LogP contribution is 2.35. The predicted octanol–water partition coefficient (Wildman–Crippen LogP) is 5.69. The lowest BCUT2D eigenvalue weighted by atomic mass is 10.0. The lowest BCUT2D eigenvalue weighted by molar-refractivity contribution is 0.331. The van der Waals surface area contributed by atoms with Crippen molar-refractivity contribution in [1.82, 2.24) is 35.0 Å². The number of hydrogen-bond acceptors (Lipinski definition) is 7. The van der Waals surface area contributed by atoms with Crippen LogP contribution in [-0.2, 0) is 22.8 Å². The van der Waals surface area contributed by atoms with Gasteiger partial charge in [0.1, 0.15) is 32.7 Å². The van der Waals surface area contributed by atoms with E-state index in [0.29, 0.717) is 56.0 Å². The first-order valence-corrected chi connectivity index (χ1v) is 16.4. The zero-order chi connectivity index (χ0) is 30.4. The maximum absolute atomic E-state index is 16.3. The van der Waals surface area contributed by atoms with E-state index in [1.807, 2.05) is 12.3 Å². The molecule has 4 aromatic heterocycles. The first-order chi connectivity index (χ1) is 21.2. The molecular formula is C32H29F2N7O2S. The number of H-pyrrole nitrogens is 2. The minimum absolute atomic E-state index is 0.0986. The van der Waals surface area contributed by atoms with Gasteiger partial charge in [-0.25, -0.2) is 22.2 Å². The summed E-state index contributed by atoms with van der Waals surface area (Å²) in [4.78, 5) is 19.2. The Morgan fingerprint density at radius 2 is 1.75 bits per heavy atom. The second-order valence-corrected chi connectivity index (χ2v) is 13.6. The van der Waals surface area contributed by atoms with E-state index in [1.165, 1.54) is 25.0 Å². The lowest BCUT2D eigenvalue weighted by Crippen LogP contribution is -2.18. The fraction of sp³-hybridized carbons (Fsp3) is 0.250. The van der Waals surface area contributed by atoms with Gasteiger partial charge in [-0.3, -0.25) is 20.0 Å². The van der Waals surface area contributed by atoms with E-state index in [2.05, 4.69) is 30.0 Å². The molecule has 224 valence electrons. The Morgan fingerprint density at radius 1 is 0.932 bits per heavy atom. The molecule has 5 heterocycles. The first-order valence-electron chi connectivity index (χ1n) is 14.4. The summed E-state index contributed by atoms with van der Waals surface area (Å²) in [6.07, 6.45) is 8.77. The highest BCUT2D eigenvalue weighted by atomic mass is 32.2. The summed E-state index contributed by atoms with van der Waals surface area (Å²) in [5.74, 6) is -0.719. The van der Waals surface area contributed by atoms with Gasteiger partial charge in [-0.2, -0.15) is 5.10 Å². The average molecular weight is 614 g/mol. The number of aromatic amines is 2. The standard InChI is InChI=1S/C32H29F2N7O2S/c1-44(42,43)11-7-19-12-21(15-23(33)14-19)29-30-26(6-8-36-29)37-32(38-30)31-27-25(39-40-31)5-4-24(28(27)34)22-13-20(16-35-17-22)18-41-9-2-3-10-41/h4-6,8,12-17H,2-3,7,9-11,18H2,1H3,(H,37,38)(H,39,40). The van der Waals surface area contributed by atoms with Crippen LogP contribution in [0, 0.1) is 11.6 Å². The molecule has 1 aliphatic heterocycles. The van der Waals surface area contributed by atoms with Gasteiger partial charge in [0.25, 0.3) is 0 Å². The molecule has 0 unspecified atom stereocenters. The fourth-order valence-electron chi connectivity index (χ4n) is 5.88. The van der Waals surface area contributed by atoms with Crippen molar-refractivity contribution in [2.24, 2.45) is 0 Å². The molecule has 6 aromatic rings. The Labute approximate surface area is 252 Å². The number of nitrogens with zero attached hydrogens (tertiary/aromatic N) is 5. The minimum Gasteiger partial charge on any atom is -0.336 e. The molecule has 0 aliphatic carbocycles. The highest BCUT2D eigenvalue weighted by Gasteiger charge is 2.21. The molecule has 44 heavy (non-hydrogen) atoms. The largest absolute Gasteiger partial charge is 0.336 e. The number of fused-ring (bicyclic) bond motifs is 2. The normalized spacial score (nSPS) is 14.2. The molecule has 2 aromatic carbocycles. The first kappa shape index (κ1) is 28.2. The van der Waals surface area contributed by atoms with E-state index in [1.54, 1.807) is 36.7 Å². The topological polar surface area (TPSA) is 121 Å². The van der Waals surface area contributed by atoms with Crippen LogP contribution in [0.15, 0.2) is 61.1 Å². The van der Waals surface area contributed by atoms with Crippen molar-refractivity contribution < 1.29 is 17.2 Å². The number of halogens is 2. The molecule has 0 amide bonds. The SMILES string of the molecule is CS(=O)(=O)CCc1cc(F)cc(-c2nccc3[nH]c(-c4n[nH]c5ccc(-c6cncc(CN7CCCC7)c6)c(F)c45)nc23)c1. The number of aromatic nitrogens is 6. The van der Waals surface area contributed by atoms with Crippen LogP contribution in [0.2, 0.25) is 0 Å². The molecule has 1 fully saturated rings. The van der Waals surface area contributed by atoms with Crippen LogP contribution in [0.3, 0.4) is 0 Å². The number of pyridine rings is 2. The fourth-order valence-corrected chi connectivity index (χ4v) is 6.49. The summed E-state index contributed by atoms with van der Waals surface area (Å²) in [5.41, 5.74) is 5.41. The quantitative estimate of drug-likeness (QED) is 0.226. The number of sulfone groups is 1. The molecule has 0 bridgehead atoms. The van der Waals surface area contributed by atoms with Gasteiger partial charge in [-0.1, -0.05) is 0 Å². The maximum Gasteiger partial charge on any atom is 0.159 e. The third kappa shape index (κ3) is 5.58. The molecular weight excluding hydrogens is 584 g/mol. The zero-order valence-corrected chi connectivity index (χ0v) is 24.8. The van der Waals surface area contributed by atoms with Gasteiger partial charge in [-0.05, 0) is 85.9 Å². The van der Waals surface area contributed by atoms with Gasteiger partial charge in [0, 0.05) is 48.1 Å². The lowest BCUT2D eigenvalue weighted by Gasteiger charge is -2.15. The van der Waals surface area contributed by atoms with Gasteiger partial charge >= 0.3 is 0 Å². The molecule has 7 rings (SSSR count). The van der Waals surface area contributed by atoms with E-state index in [0.717, 1.165) is 31.5 Å². The number of hydrogen-bond donors (Lipinski definition) is 2. The molecule has 9 nitrogen and oxygen atoms in total. The van der Waals surface area contributed by atoms with Crippen LogP contribution in [0.5, 0.6) is 0 Å². The summed E-state index contributed by atoms with van der Waals surface area (Å²) in [6.45, 7) is 2.89. The molecule has 0 spiro atoms. The maximum atomic E-state index is 16.3. The van der Waals surface area contributed by atoms with Crippen LogP contribution in [0.25, 0.3) is 55.8 Å². The number of likely N-dealkylation sites (tertiary alicyclic amines) is 1. The van der Waals surface area contributed by atoms with Crippen molar-refractivity contribution in [3.05, 3.63) is 83.8 Å². The average Bonchev–Trinajstić information content (AvgIpc) is 3.75. The van der Waals surface area contributed by atoms with Crippen LogP contribution >= 0.6 is 0 Å². The molecule has 0 atom stereocenters. The Bertz CT molecular complexity index is 2140. The van der Waals surface area contributed by atoms with Crippen molar-refractivity contribution in [2.45, 2.75) is 25.8 Å². The smallest absolute Gasteiger partial charge is 0.159 e. The van der Waals surface area contributed by atoms with E-state index >= 15 is 4.39 Å². The molecule has 2 N–H and O–H groups in total. The van der Waals surface area contributed by atoms with Gasteiger partial charge < -0.3 is 4.98 Å². The number of benzene rings is 2. The van der Waals surface area contributed by atoms with Gasteiger partial charge in [0.2, 0.25) is 0 Å². The van der Waals surface area contributed by atoms with Crippen molar-refractivity contribution in [1.29, 1.82) is 0 Å². The van der Waals surface area contributed by atoms with Crippen molar-refractivity contribution in [3.8, 4) is 33.9 Å². The number of nitrogens with one attached hydrogen (secondary N) is 2. The third-order valence-corrected chi connectivity index (χ3v) is 8.94. The second-order valence-electron chi connectivity index (χ2n) is 11.4. The van der Waals surface area contributed by atoms with Crippen molar-refractivity contribution in [2.75, 3.05) is 25.1 Å². The summed E-state index contributed by atoms with van der Waals surface area (Å²) >= 11 is 0. The zero-order valence-electron chi connectivity index (χ0n) is 23.9. The predicted molar refractivity (Wildman–Crippen MR) is 165 cm³/mol. The van der Waals surface area contributed by atoms with Crippen molar-refractivity contribution in [3.63, 3.8) is 0 Å². The number of rotatable bonds is 8. The Balaban J connectivity index is 1.27. The van der Waals surface area contributed by atoms with E-state index in [4.69, 9.17) is 4.98 Å². The van der Waals surface area contributed by atoms with Crippen LogP contribution < -0.4 is 0 Å².